The van der Waals surface area contributed by atoms with E-state index in [0.717, 1.165) is 43.2 Å². The second-order valence-electron chi connectivity index (χ2n) is 6.36. The Bertz CT molecular complexity index is 596. The number of nitrogens with zero attached hydrogens (tertiary/aromatic N) is 3. The molecule has 0 saturated carbocycles. The minimum atomic E-state index is -0.417. The van der Waals surface area contributed by atoms with E-state index in [1.807, 2.05) is 30.3 Å². The molecule has 2 rings (SSSR count). The van der Waals surface area contributed by atoms with E-state index in [1.165, 1.54) is 6.92 Å². The lowest BCUT2D eigenvalue weighted by molar-refractivity contribution is -0.135. The molecule has 138 valence electrons. The Morgan fingerprint density at radius 1 is 1.32 bits per heavy atom. The van der Waals surface area contributed by atoms with Crippen LogP contribution in [0.2, 0.25) is 0 Å². The first-order valence-electron chi connectivity index (χ1n) is 8.73. The molecule has 1 fully saturated rings. The highest BCUT2D eigenvalue weighted by molar-refractivity contribution is 7.98. The van der Waals surface area contributed by atoms with Gasteiger partial charge in [-0.05, 0) is 43.9 Å². The van der Waals surface area contributed by atoms with Crippen LogP contribution in [-0.2, 0) is 9.59 Å². The molecule has 1 saturated heterocycles. The van der Waals surface area contributed by atoms with Crippen molar-refractivity contribution in [3.8, 4) is 0 Å². The van der Waals surface area contributed by atoms with Crippen LogP contribution in [-0.4, -0.2) is 65.9 Å². The predicted octanol–water partition coefficient (Wildman–Crippen LogP) is 1.69. The van der Waals surface area contributed by atoms with E-state index in [1.54, 1.807) is 11.8 Å². The van der Waals surface area contributed by atoms with E-state index in [-0.39, 0.29) is 11.8 Å². The van der Waals surface area contributed by atoms with Crippen molar-refractivity contribution in [2.24, 2.45) is 0 Å². The lowest BCUT2D eigenvalue weighted by Crippen LogP contribution is -2.49. The Kier molecular flexibility index (Phi) is 7.55. The van der Waals surface area contributed by atoms with Crippen molar-refractivity contribution in [1.29, 1.82) is 0 Å². The third kappa shape index (κ3) is 5.92. The molecule has 1 aliphatic rings. The van der Waals surface area contributed by atoms with Crippen molar-refractivity contribution >= 4 is 29.3 Å². The van der Waals surface area contributed by atoms with Gasteiger partial charge >= 0.3 is 0 Å². The smallest absolute Gasteiger partial charge is 0.245 e. The van der Waals surface area contributed by atoms with Crippen molar-refractivity contribution in [3.63, 3.8) is 0 Å². The molecule has 1 N–H and O–H groups in total. The standard InChI is InChI=1S/C18H28N4O2S/c1-14-13-16(5-7-19-14)21-8-4-9-22(11-10-21)18(24)17(6-12-25-3)20-15(2)23/h5,7,13,17H,4,6,8-12H2,1-3H3,(H,20,23)/t17-/m0/s1. The zero-order valence-corrected chi connectivity index (χ0v) is 16.1. The molecule has 0 aromatic carbocycles. The average Bonchev–Trinajstić information content (AvgIpc) is 2.84. The van der Waals surface area contributed by atoms with Gasteiger partial charge in [0, 0.05) is 50.7 Å². The number of amides is 2. The summed E-state index contributed by atoms with van der Waals surface area (Å²) in [5.41, 5.74) is 2.15. The largest absolute Gasteiger partial charge is 0.370 e. The van der Waals surface area contributed by atoms with E-state index < -0.39 is 6.04 Å². The summed E-state index contributed by atoms with van der Waals surface area (Å²) in [5, 5.41) is 2.82. The third-order valence-electron chi connectivity index (χ3n) is 4.34. The van der Waals surface area contributed by atoms with E-state index in [9.17, 15) is 9.59 Å². The number of hydrogen-bond acceptors (Lipinski definition) is 5. The van der Waals surface area contributed by atoms with Crippen molar-refractivity contribution in [2.75, 3.05) is 43.1 Å². The maximum absolute atomic E-state index is 12.9. The fourth-order valence-corrected chi connectivity index (χ4v) is 3.55. The lowest BCUT2D eigenvalue weighted by atomic mass is 10.2. The van der Waals surface area contributed by atoms with Gasteiger partial charge < -0.3 is 15.1 Å². The Morgan fingerprint density at radius 3 is 2.80 bits per heavy atom. The van der Waals surface area contributed by atoms with Crippen LogP contribution in [0, 0.1) is 6.92 Å². The fourth-order valence-electron chi connectivity index (χ4n) is 3.08. The number of aryl methyl sites for hydroxylation is 1. The number of carbonyl (C=O) groups is 2. The highest BCUT2D eigenvalue weighted by atomic mass is 32.2. The van der Waals surface area contributed by atoms with E-state index in [0.29, 0.717) is 13.0 Å². The molecule has 2 amide bonds. The zero-order valence-electron chi connectivity index (χ0n) is 15.3. The van der Waals surface area contributed by atoms with Gasteiger partial charge in [-0.3, -0.25) is 14.6 Å². The molecular formula is C18H28N4O2S. The number of hydrogen-bond donors (Lipinski definition) is 1. The second kappa shape index (κ2) is 9.65. The number of nitrogens with one attached hydrogen (secondary N) is 1. The topological polar surface area (TPSA) is 65.5 Å². The number of anilines is 1. The van der Waals surface area contributed by atoms with Gasteiger partial charge in [0.05, 0.1) is 0 Å². The molecule has 1 atom stereocenters. The Labute approximate surface area is 154 Å². The summed E-state index contributed by atoms with van der Waals surface area (Å²) < 4.78 is 0. The molecule has 0 aliphatic carbocycles. The summed E-state index contributed by atoms with van der Waals surface area (Å²) in [6.07, 6.45) is 5.43. The van der Waals surface area contributed by atoms with E-state index in [2.05, 4.69) is 21.3 Å². The maximum atomic E-state index is 12.9. The van der Waals surface area contributed by atoms with Crippen LogP contribution in [0.15, 0.2) is 18.3 Å². The Hall–Kier alpha value is -1.76. The summed E-state index contributed by atoms with van der Waals surface area (Å²) in [4.78, 5) is 32.7. The highest BCUT2D eigenvalue weighted by Crippen LogP contribution is 2.17. The first-order chi connectivity index (χ1) is 12.0. The van der Waals surface area contributed by atoms with Gasteiger partial charge in [-0.2, -0.15) is 11.8 Å². The van der Waals surface area contributed by atoms with Crippen LogP contribution in [0.4, 0.5) is 5.69 Å². The molecule has 1 aromatic rings. The SMILES string of the molecule is CSCC[C@H](NC(C)=O)C(=O)N1CCCN(c2ccnc(C)c2)CC1. The zero-order chi connectivity index (χ0) is 18.2. The summed E-state index contributed by atoms with van der Waals surface area (Å²) in [5.74, 6) is 0.743. The first kappa shape index (κ1) is 19.6. The van der Waals surface area contributed by atoms with Crippen molar-refractivity contribution < 1.29 is 9.59 Å². The van der Waals surface area contributed by atoms with Crippen LogP contribution in [0.25, 0.3) is 0 Å². The minimum absolute atomic E-state index is 0.0389. The fraction of sp³-hybridized carbons (Fsp3) is 0.611. The van der Waals surface area contributed by atoms with Crippen LogP contribution >= 0.6 is 11.8 Å². The number of thioether (sulfide) groups is 1. The number of carbonyl (C=O) groups excluding carboxylic acids is 2. The number of rotatable bonds is 6. The molecule has 6 nitrogen and oxygen atoms in total. The molecular weight excluding hydrogens is 336 g/mol. The van der Waals surface area contributed by atoms with Crippen molar-refractivity contribution in [3.05, 3.63) is 24.0 Å². The summed E-state index contributed by atoms with van der Waals surface area (Å²) >= 11 is 1.69. The van der Waals surface area contributed by atoms with Gasteiger partial charge in [-0.15, -0.1) is 0 Å². The normalized spacial score (nSPS) is 16.3. The van der Waals surface area contributed by atoms with Gasteiger partial charge in [-0.25, -0.2) is 0 Å². The first-order valence-corrected chi connectivity index (χ1v) is 10.1. The molecule has 0 bridgehead atoms. The third-order valence-corrected chi connectivity index (χ3v) is 4.98. The average molecular weight is 365 g/mol. The quantitative estimate of drug-likeness (QED) is 0.832. The van der Waals surface area contributed by atoms with Crippen LogP contribution in [0.1, 0.15) is 25.5 Å². The summed E-state index contributed by atoms with van der Waals surface area (Å²) in [6.45, 7) is 6.58. The second-order valence-corrected chi connectivity index (χ2v) is 7.34. The van der Waals surface area contributed by atoms with Crippen LogP contribution < -0.4 is 10.2 Å². The molecule has 7 heteroatoms. The molecule has 25 heavy (non-hydrogen) atoms. The monoisotopic (exact) mass is 364 g/mol. The van der Waals surface area contributed by atoms with Gasteiger partial charge in [0.2, 0.25) is 11.8 Å². The van der Waals surface area contributed by atoms with E-state index >= 15 is 0 Å². The predicted molar refractivity (Wildman–Crippen MR) is 103 cm³/mol. The number of pyridine rings is 1. The molecule has 2 heterocycles. The highest BCUT2D eigenvalue weighted by Gasteiger charge is 2.26. The summed E-state index contributed by atoms with van der Waals surface area (Å²) in [7, 11) is 0. The lowest BCUT2D eigenvalue weighted by Gasteiger charge is -2.27. The van der Waals surface area contributed by atoms with Gasteiger partial charge in [0.1, 0.15) is 6.04 Å². The maximum Gasteiger partial charge on any atom is 0.245 e. The van der Waals surface area contributed by atoms with Gasteiger partial charge in [-0.1, -0.05) is 0 Å². The molecule has 0 spiro atoms. The van der Waals surface area contributed by atoms with Crippen LogP contribution in [0.5, 0.6) is 0 Å². The van der Waals surface area contributed by atoms with Gasteiger partial charge in [0.15, 0.2) is 0 Å². The molecule has 0 unspecified atom stereocenters. The molecule has 0 radical (unpaired) electrons. The molecule has 1 aliphatic heterocycles. The minimum Gasteiger partial charge on any atom is -0.370 e. The Morgan fingerprint density at radius 2 is 2.12 bits per heavy atom. The van der Waals surface area contributed by atoms with Crippen LogP contribution in [0.3, 0.4) is 0 Å². The van der Waals surface area contributed by atoms with Gasteiger partial charge in [0.25, 0.3) is 0 Å². The van der Waals surface area contributed by atoms with Crippen molar-refractivity contribution in [2.45, 2.75) is 32.7 Å². The Balaban J connectivity index is 2.00. The van der Waals surface area contributed by atoms with Crippen molar-refractivity contribution in [1.82, 2.24) is 15.2 Å². The molecule has 1 aromatic heterocycles. The summed E-state index contributed by atoms with van der Waals surface area (Å²) in [6, 6.07) is 3.68. The van der Waals surface area contributed by atoms with E-state index in [4.69, 9.17) is 0 Å². The number of aromatic nitrogens is 1.